The second-order valence-electron chi connectivity index (χ2n) is 2.77. The van der Waals surface area contributed by atoms with E-state index in [1.54, 1.807) is 12.1 Å². The molecule has 0 N–H and O–H groups in total. The molecule has 16 heavy (non-hydrogen) atoms. The van der Waals surface area contributed by atoms with Gasteiger partial charge in [0.15, 0.2) is 3.79 Å². The summed E-state index contributed by atoms with van der Waals surface area (Å²) in [6.07, 6.45) is 0. The molecule has 0 nitrogen and oxygen atoms in total. The van der Waals surface area contributed by atoms with Crippen molar-refractivity contribution in [2.24, 2.45) is 0 Å². The predicted molar refractivity (Wildman–Crippen MR) is 68.3 cm³/mol. The van der Waals surface area contributed by atoms with Gasteiger partial charge in [-0.15, -0.1) is 5.56 Å². The monoisotopic (exact) mass is 336 g/mol. The second-order valence-corrected chi connectivity index (χ2v) is 5.49. The van der Waals surface area contributed by atoms with Gasteiger partial charge in [-0.25, -0.2) is 12.1 Å². The first-order chi connectivity index (χ1) is 7.00. The average Bonchev–Trinajstić information content (AvgIpc) is 2.73. The molecule has 2 aromatic rings. The summed E-state index contributed by atoms with van der Waals surface area (Å²) in [6.45, 7) is 0. The van der Waals surface area contributed by atoms with E-state index in [-0.39, 0.29) is 17.1 Å². The second kappa shape index (κ2) is 7.66. The predicted octanol–water partition coefficient (Wildman–Crippen LogP) is 5.29. The van der Waals surface area contributed by atoms with Crippen LogP contribution >= 0.6 is 46.4 Å². The van der Waals surface area contributed by atoms with Crippen molar-refractivity contribution in [3.63, 3.8) is 0 Å². The molecule has 0 unspecified atom stereocenters. The maximum absolute atomic E-state index is 5.53. The van der Waals surface area contributed by atoms with Crippen molar-refractivity contribution in [1.82, 2.24) is 0 Å². The Morgan fingerprint density at radius 2 is 1.38 bits per heavy atom. The van der Waals surface area contributed by atoms with Gasteiger partial charge >= 0.3 is 0 Å². The number of hydrogen-bond acceptors (Lipinski definition) is 0. The molecule has 5 heteroatoms. The Morgan fingerprint density at radius 3 is 1.56 bits per heavy atom. The minimum atomic E-state index is -1.26. The summed E-state index contributed by atoms with van der Waals surface area (Å²) < 4.78 is -1.26. The van der Waals surface area contributed by atoms with Crippen molar-refractivity contribution in [3.05, 3.63) is 59.1 Å². The molecule has 2 rings (SSSR count). The first-order valence-corrected chi connectivity index (χ1v) is 5.67. The summed E-state index contributed by atoms with van der Waals surface area (Å²) in [7, 11) is 0. The normalized spacial score (nSPS) is 10.0. The summed E-state index contributed by atoms with van der Waals surface area (Å²) >= 11 is 22.0. The molecule has 94 valence electrons. The van der Waals surface area contributed by atoms with Gasteiger partial charge in [0, 0.05) is 17.1 Å². The van der Waals surface area contributed by atoms with Gasteiger partial charge in [-0.3, -0.25) is 0 Å². The van der Waals surface area contributed by atoms with E-state index in [0.717, 1.165) is 5.02 Å². The van der Waals surface area contributed by atoms with Crippen LogP contribution in [-0.2, 0) is 20.9 Å². The third-order valence-electron chi connectivity index (χ3n) is 1.61. The zero-order valence-corrected chi connectivity index (χ0v) is 12.1. The van der Waals surface area contributed by atoms with Crippen molar-refractivity contribution in [1.29, 1.82) is 0 Å². The average molecular weight is 338 g/mol. The van der Waals surface area contributed by atoms with E-state index in [0.29, 0.717) is 5.56 Å². The third kappa shape index (κ3) is 6.20. The molecule has 0 spiro atoms. The fraction of sp³-hybridized carbons (Fsp3) is 0.0909. The van der Waals surface area contributed by atoms with Gasteiger partial charge < -0.3 is 40.9 Å². The molecule has 0 saturated carbocycles. The Balaban J connectivity index is 0.000000283. The van der Waals surface area contributed by atoms with E-state index in [9.17, 15) is 0 Å². The van der Waals surface area contributed by atoms with Gasteiger partial charge in [-0.1, -0.05) is 34.8 Å². The van der Waals surface area contributed by atoms with E-state index in [2.05, 4.69) is 0 Å². The molecule has 0 saturated heterocycles. The zero-order chi connectivity index (χ0) is 11.3. The van der Waals surface area contributed by atoms with Crippen LogP contribution in [0.15, 0.2) is 48.5 Å². The van der Waals surface area contributed by atoms with Gasteiger partial charge in [0.2, 0.25) is 0 Å². The maximum atomic E-state index is 5.53. The minimum absolute atomic E-state index is 0. The first kappa shape index (κ1) is 16.4. The van der Waals surface area contributed by atoms with Crippen LogP contribution in [0.1, 0.15) is 5.56 Å². The largest absolute Gasteiger partial charge is 0.747 e. The van der Waals surface area contributed by atoms with Crippen molar-refractivity contribution in [2.75, 3.05) is 0 Å². The molecule has 0 aliphatic heterocycles. The number of halogens is 4. The van der Waals surface area contributed by atoms with Gasteiger partial charge in [0.25, 0.3) is 0 Å². The number of rotatable bonds is 0. The molecule has 0 aromatic heterocycles. The summed E-state index contributed by atoms with van der Waals surface area (Å²) in [6, 6.07) is 14.7. The topological polar surface area (TPSA) is 0 Å². The Bertz CT molecular complexity index is 359. The molecule has 0 heterocycles. The first-order valence-electron chi connectivity index (χ1n) is 4.16. The van der Waals surface area contributed by atoms with Crippen LogP contribution in [-0.4, -0.2) is 0 Å². The van der Waals surface area contributed by atoms with E-state index in [4.69, 9.17) is 46.4 Å². The van der Waals surface area contributed by atoms with E-state index in [1.807, 2.05) is 36.4 Å². The Kier molecular flexibility index (Phi) is 7.84. The molecule has 0 aliphatic rings. The van der Waals surface area contributed by atoms with Crippen LogP contribution in [0.4, 0.5) is 0 Å². The van der Waals surface area contributed by atoms with Crippen LogP contribution < -0.4 is 0 Å². The molecule has 0 atom stereocenters. The van der Waals surface area contributed by atoms with Gasteiger partial charge in [-0.2, -0.15) is 12.1 Å². The molecule has 0 aliphatic carbocycles. The van der Waals surface area contributed by atoms with Crippen LogP contribution in [0.2, 0.25) is 5.02 Å². The van der Waals surface area contributed by atoms with Crippen LogP contribution in [0.25, 0.3) is 0 Å². The Morgan fingerprint density at radius 1 is 0.938 bits per heavy atom. The van der Waals surface area contributed by atoms with Crippen LogP contribution in [0.3, 0.4) is 0 Å². The van der Waals surface area contributed by atoms with Crippen molar-refractivity contribution in [3.8, 4) is 0 Å². The van der Waals surface area contributed by atoms with Gasteiger partial charge in [0.05, 0.1) is 0 Å². The summed E-state index contributed by atoms with van der Waals surface area (Å²) in [5.41, 5.74) is 0.715. The maximum Gasteiger partial charge on any atom is 0.173 e. The molecule has 0 amide bonds. The third-order valence-corrected chi connectivity index (χ3v) is 2.52. The van der Waals surface area contributed by atoms with Crippen molar-refractivity contribution >= 4 is 46.4 Å². The van der Waals surface area contributed by atoms with Crippen LogP contribution in [0.5, 0.6) is 0 Å². The molecule has 0 radical (unpaired) electrons. The minimum Gasteiger partial charge on any atom is -0.747 e. The molecular formula is C11H8Cl4Fe-6. The fourth-order valence-corrected chi connectivity index (χ4v) is 1.44. The standard InChI is InChI=1S/C6H4Cl3.C5H4Cl.Fe/c7-6(8,9)5-3-1-2-4-5;6-5-3-1-2-4-5;/h1-4H;1-4H;/q-1;-5;. The molecule has 0 bridgehead atoms. The molecular weight excluding hydrogens is 330 g/mol. The smallest absolute Gasteiger partial charge is 0.173 e. The van der Waals surface area contributed by atoms with E-state index < -0.39 is 3.79 Å². The Hall–Kier alpha value is 0.379. The molecule has 0 fully saturated rings. The number of alkyl halides is 3. The molecule has 2 aromatic carbocycles. The summed E-state index contributed by atoms with van der Waals surface area (Å²) in [4.78, 5) is 0. The Labute approximate surface area is 126 Å². The van der Waals surface area contributed by atoms with Gasteiger partial charge in [-0.05, 0) is 0 Å². The summed E-state index contributed by atoms with van der Waals surface area (Å²) in [5.74, 6) is 0. The van der Waals surface area contributed by atoms with Crippen LogP contribution in [0, 0.1) is 0 Å². The SMILES string of the molecule is ClC(Cl)(Cl)[c-]1cccc1.Cl[c-]1[cH-][cH-][cH-][cH-]1.[Fe]. The van der Waals surface area contributed by atoms with E-state index in [1.165, 1.54) is 0 Å². The quantitative estimate of drug-likeness (QED) is 0.348. The van der Waals surface area contributed by atoms with Crippen molar-refractivity contribution < 1.29 is 17.1 Å². The zero-order valence-electron chi connectivity index (χ0n) is 7.98. The van der Waals surface area contributed by atoms with E-state index >= 15 is 0 Å². The number of hydrogen-bond donors (Lipinski definition) is 0. The summed E-state index contributed by atoms with van der Waals surface area (Å²) in [5, 5.41) is 0.815. The van der Waals surface area contributed by atoms with Crippen molar-refractivity contribution in [2.45, 2.75) is 3.79 Å². The fourth-order valence-electron chi connectivity index (χ4n) is 0.914. The van der Waals surface area contributed by atoms with Gasteiger partial charge in [0.1, 0.15) is 0 Å².